The second-order valence-corrected chi connectivity index (χ2v) is 9.50. The summed E-state index contributed by atoms with van der Waals surface area (Å²) >= 11 is 1.65. The molecule has 1 atom stereocenters. The largest absolute Gasteiger partial charge is 0.337 e. The number of benzene rings is 1. The number of hydrogen-bond donors (Lipinski definition) is 0. The molecule has 134 valence electrons. The first kappa shape index (κ1) is 17.9. The van der Waals surface area contributed by atoms with Gasteiger partial charge in [-0.05, 0) is 61.0 Å². The van der Waals surface area contributed by atoms with Gasteiger partial charge in [-0.1, -0.05) is 0 Å². The van der Waals surface area contributed by atoms with E-state index in [1.54, 1.807) is 35.4 Å². The van der Waals surface area contributed by atoms with E-state index < -0.39 is 10.0 Å². The predicted octanol–water partition coefficient (Wildman–Crippen LogP) is 3.04. The summed E-state index contributed by atoms with van der Waals surface area (Å²) in [6.45, 7) is 4.50. The van der Waals surface area contributed by atoms with Gasteiger partial charge in [0.05, 0.1) is 18.5 Å². The molecule has 5 nitrogen and oxygen atoms in total. The number of rotatable bonds is 4. The van der Waals surface area contributed by atoms with Crippen LogP contribution in [0.15, 0.2) is 29.6 Å². The van der Waals surface area contributed by atoms with Gasteiger partial charge in [-0.3, -0.25) is 9.10 Å². The van der Waals surface area contributed by atoms with Crippen LogP contribution >= 0.6 is 11.3 Å². The summed E-state index contributed by atoms with van der Waals surface area (Å²) in [5.41, 5.74) is 3.38. The molecule has 0 bridgehead atoms. The topological polar surface area (TPSA) is 57.7 Å². The first-order valence-electron chi connectivity index (χ1n) is 8.09. The molecule has 0 radical (unpaired) electrons. The average molecular weight is 379 g/mol. The maximum atomic E-state index is 12.7. The minimum atomic E-state index is -3.31. The minimum Gasteiger partial charge on any atom is -0.337 e. The van der Waals surface area contributed by atoms with Gasteiger partial charge in [0.15, 0.2) is 0 Å². The summed E-state index contributed by atoms with van der Waals surface area (Å²) in [5, 5.41) is 2.03. The molecule has 0 spiro atoms. The molecule has 2 heterocycles. The van der Waals surface area contributed by atoms with E-state index in [1.807, 2.05) is 25.3 Å². The maximum absolute atomic E-state index is 12.7. The number of carbonyl (C=O) groups excluding carboxylic acids is 1. The first-order valence-corrected chi connectivity index (χ1v) is 10.8. The van der Waals surface area contributed by atoms with E-state index in [-0.39, 0.29) is 11.9 Å². The summed E-state index contributed by atoms with van der Waals surface area (Å²) < 4.78 is 25.4. The monoisotopic (exact) mass is 378 g/mol. The van der Waals surface area contributed by atoms with Crippen LogP contribution in [0.3, 0.4) is 0 Å². The lowest BCUT2D eigenvalue weighted by atomic mass is 10.1. The molecule has 0 fully saturated rings. The molecule has 1 unspecified atom stereocenters. The summed E-state index contributed by atoms with van der Waals surface area (Å²) in [6.07, 6.45) is 1.84. The first-order chi connectivity index (χ1) is 11.7. The van der Waals surface area contributed by atoms with Gasteiger partial charge < -0.3 is 4.90 Å². The summed E-state index contributed by atoms with van der Waals surface area (Å²) in [4.78, 5) is 15.6. The number of fused-ring (bicyclic) bond motifs is 1. The Labute approximate surface area is 152 Å². The van der Waals surface area contributed by atoms with Gasteiger partial charge in [-0.15, -0.1) is 11.3 Å². The molecule has 0 N–H and O–H groups in total. The second-order valence-electron chi connectivity index (χ2n) is 6.64. The highest BCUT2D eigenvalue weighted by Crippen LogP contribution is 2.35. The van der Waals surface area contributed by atoms with Crippen molar-refractivity contribution < 1.29 is 13.2 Å². The Kier molecular flexibility index (Phi) is 4.64. The van der Waals surface area contributed by atoms with Gasteiger partial charge in [0.25, 0.3) is 5.91 Å². The molecule has 3 rings (SSSR count). The summed E-state index contributed by atoms with van der Waals surface area (Å²) in [6, 6.07) is 7.22. The van der Waals surface area contributed by atoms with Crippen molar-refractivity contribution in [1.82, 2.24) is 4.90 Å². The number of carbonyl (C=O) groups is 1. The van der Waals surface area contributed by atoms with Crippen LogP contribution in [0.25, 0.3) is 0 Å². The molecule has 0 saturated heterocycles. The molecule has 1 aromatic carbocycles. The Bertz CT molecular complexity index is 918. The van der Waals surface area contributed by atoms with Crippen molar-refractivity contribution in [1.29, 1.82) is 0 Å². The third-order valence-corrected chi connectivity index (χ3v) is 6.81. The van der Waals surface area contributed by atoms with Gasteiger partial charge >= 0.3 is 0 Å². The number of thiophene rings is 1. The van der Waals surface area contributed by atoms with Crippen molar-refractivity contribution in [2.24, 2.45) is 0 Å². The zero-order chi connectivity index (χ0) is 18.4. The Morgan fingerprint density at radius 1 is 1.36 bits per heavy atom. The molecule has 0 saturated carbocycles. The highest BCUT2D eigenvalue weighted by Gasteiger charge is 2.33. The van der Waals surface area contributed by atoms with Gasteiger partial charge in [0.1, 0.15) is 0 Å². The van der Waals surface area contributed by atoms with Crippen LogP contribution in [0.1, 0.15) is 33.3 Å². The molecule has 25 heavy (non-hydrogen) atoms. The Balaban J connectivity index is 1.84. The lowest BCUT2D eigenvalue weighted by Gasteiger charge is -2.22. The van der Waals surface area contributed by atoms with Crippen molar-refractivity contribution in [3.63, 3.8) is 0 Å². The number of hydrogen-bond acceptors (Lipinski definition) is 4. The SMILES string of the molecule is Cc1ccsc1CN(C)C(=O)c1ccc2c(c1)CC(C)N2S(C)(=O)=O. The molecule has 0 aliphatic carbocycles. The van der Waals surface area contributed by atoms with Gasteiger partial charge in [-0.25, -0.2) is 8.42 Å². The average Bonchev–Trinajstić information content (AvgIpc) is 3.07. The quantitative estimate of drug-likeness (QED) is 0.822. The maximum Gasteiger partial charge on any atom is 0.253 e. The number of sulfonamides is 1. The molecule has 1 aromatic heterocycles. The second kappa shape index (κ2) is 6.46. The van der Waals surface area contributed by atoms with E-state index in [4.69, 9.17) is 0 Å². The third-order valence-electron chi connectivity index (χ3n) is 4.53. The van der Waals surface area contributed by atoms with Crippen molar-refractivity contribution in [3.8, 4) is 0 Å². The fourth-order valence-corrected chi connectivity index (χ4v) is 5.54. The molecule has 1 aliphatic rings. The van der Waals surface area contributed by atoms with Crippen LogP contribution in [0.4, 0.5) is 5.69 Å². The summed E-state index contributed by atoms with van der Waals surface area (Å²) in [5.74, 6) is -0.0546. The van der Waals surface area contributed by atoms with E-state index in [0.29, 0.717) is 24.2 Å². The van der Waals surface area contributed by atoms with Crippen molar-refractivity contribution in [2.75, 3.05) is 17.6 Å². The van der Waals surface area contributed by atoms with Crippen LogP contribution in [0.2, 0.25) is 0 Å². The number of amides is 1. The van der Waals surface area contributed by atoms with E-state index in [9.17, 15) is 13.2 Å². The normalized spacial score (nSPS) is 16.8. The number of anilines is 1. The van der Waals surface area contributed by atoms with Gasteiger partial charge in [-0.2, -0.15) is 0 Å². The molecule has 1 amide bonds. The lowest BCUT2D eigenvalue weighted by molar-refractivity contribution is 0.0786. The van der Waals surface area contributed by atoms with Gasteiger partial charge in [0.2, 0.25) is 10.0 Å². The van der Waals surface area contributed by atoms with Crippen LogP contribution in [0.5, 0.6) is 0 Å². The molecule has 7 heteroatoms. The van der Waals surface area contributed by atoms with Crippen LogP contribution in [0, 0.1) is 6.92 Å². The molecular weight excluding hydrogens is 356 g/mol. The van der Waals surface area contributed by atoms with E-state index in [1.165, 1.54) is 21.0 Å². The van der Waals surface area contributed by atoms with Crippen LogP contribution in [-0.2, 0) is 23.0 Å². The lowest BCUT2D eigenvalue weighted by Crippen LogP contribution is -2.34. The minimum absolute atomic E-state index is 0.0546. The Morgan fingerprint density at radius 3 is 2.68 bits per heavy atom. The Morgan fingerprint density at radius 2 is 2.08 bits per heavy atom. The van der Waals surface area contributed by atoms with Crippen molar-refractivity contribution in [3.05, 3.63) is 51.2 Å². The number of aryl methyl sites for hydroxylation is 1. The molecule has 1 aliphatic heterocycles. The highest BCUT2D eigenvalue weighted by atomic mass is 32.2. The van der Waals surface area contributed by atoms with Crippen LogP contribution < -0.4 is 4.31 Å². The smallest absolute Gasteiger partial charge is 0.253 e. The van der Waals surface area contributed by atoms with Gasteiger partial charge in [0, 0.05) is 23.5 Å². The van der Waals surface area contributed by atoms with E-state index in [0.717, 1.165) is 5.56 Å². The third kappa shape index (κ3) is 3.43. The molecule has 2 aromatic rings. The molecular formula is C18H22N2O3S2. The van der Waals surface area contributed by atoms with E-state index >= 15 is 0 Å². The zero-order valence-corrected chi connectivity index (χ0v) is 16.4. The highest BCUT2D eigenvalue weighted by molar-refractivity contribution is 7.92. The summed E-state index contributed by atoms with van der Waals surface area (Å²) in [7, 11) is -1.52. The number of nitrogens with zero attached hydrogens (tertiary/aromatic N) is 2. The van der Waals surface area contributed by atoms with Crippen molar-refractivity contribution >= 4 is 33.0 Å². The van der Waals surface area contributed by atoms with Crippen LogP contribution in [-0.4, -0.2) is 38.6 Å². The fraction of sp³-hybridized carbons (Fsp3) is 0.389. The Hall–Kier alpha value is -1.86. The zero-order valence-electron chi connectivity index (χ0n) is 14.8. The van der Waals surface area contributed by atoms with Crippen molar-refractivity contribution in [2.45, 2.75) is 32.9 Å². The fourth-order valence-electron chi connectivity index (χ4n) is 3.31. The van der Waals surface area contributed by atoms with E-state index in [2.05, 4.69) is 6.07 Å². The predicted molar refractivity (Wildman–Crippen MR) is 102 cm³/mol. The standard InChI is InChI=1S/C18H22N2O3S2/c1-12-7-8-24-17(12)11-19(3)18(21)14-5-6-16-15(10-14)9-13(2)20(16)25(4,22)23/h5-8,10,13H,9,11H2,1-4H3.